The quantitative estimate of drug-likeness (QED) is 0.853. The van der Waals surface area contributed by atoms with Gasteiger partial charge in [-0.25, -0.2) is 4.98 Å². The van der Waals surface area contributed by atoms with E-state index in [1.54, 1.807) is 11.3 Å². The van der Waals surface area contributed by atoms with E-state index >= 15 is 0 Å². The zero-order valence-electron chi connectivity index (χ0n) is 12.0. The first-order valence-electron chi connectivity index (χ1n) is 6.59. The number of carbonyl (C=O) groups is 1. The van der Waals surface area contributed by atoms with E-state index in [0.29, 0.717) is 6.54 Å². The summed E-state index contributed by atoms with van der Waals surface area (Å²) in [6.45, 7) is 4.21. The van der Waals surface area contributed by atoms with E-state index in [2.05, 4.69) is 26.2 Å². The van der Waals surface area contributed by atoms with Gasteiger partial charge in [-0.2, -0.15) is 0 Å². The highest BCUT2D eigenvalue weighted by Crippen LogP contribution is 2.26. The third-order valence-electron chi connectivity index (χ3n) is 2.71. The lowest BCUT2D eigenvalue weighted by atomic mass is 10.1. The second-order valence-corrected chi connectivity index (χ2v) is 7.37. The zero-order chi connectivity index (χ0) is 15.5. The minimum Gasteiger partial charge on any atom is -0.354 e. The molecular formula is C15H18BrN3OS. The summed E-state index contributed by atoms with van der Waals surface area (Å²) in [7, 11) is 0. The van der Waals surface area contributed by atoms with Crippen LogP contribution < -0.4 is 11.1 Å². The summed E-state index contributed by atoms with van der Waals surface area (Å²) in [5, 5.41) is 5.66. The highest BCUT2D eigenvalue weighted by Gasteiger charge is 2.14. The molecule has 0 saturated heterocycles. The van der Waals surface area contributed by atoms with Gasteiger partial charge in [-0.15, -0.1) is 11.3 Å². The summed E-state index contributed by atoms with van der Waals surface area (Å²) in [5.41, 5.74) is 7.26. The molecule has 0 atom stereocenters. The van der Waals surface area contributed by atoms with Crippen molar-refractivity contribution in [3.05, 3.63) is 39.8 Å². The van der Waals surface area contributed by atoms with Crippen molar-refractivity contribution in [2.24, 2.45) is 5.73 Å². The third-order valence-corrected chi connectivity index (χ3v) is 4.14. The van der Waals surface area contributed by atoms with Gasteiger partial charge in [0.05, 0.1) is 12.1 Å². The molecule has 0 aliphatic carbocycles. The number of hydrogen-bond acceptors (Lipinski definition) is 4. The second-order valence-electron chi connectivity index (χ2n) is 5.60. The normalized spacial score (nSPS) is 11.4. The van der Waals surface area contributed by atoms with Crippen LogP contribution in [0.15, 0.2) is 34.1 Å². The van der Waals surface area contributed by atoms with Crippen LogP contribution in [0.5, 0.6) is 0 Å². The standard InChI is InChI=1S/C15H18BrN3OS/c1-15(2,17)9-18-13(20)7-12-8-21-14(19-12)10-4-3-5-11(16)6-10/h3-6,8H,7,9,17H2,1-2H3,(H,18,20). The average Bonchev–Trinajstić information content (AvgIpc) is 2.84. The minimum atomic E-state index is -0.404. The van der Waals surface area contributed by atoms with E-state index in [-0.39, 0.29) is 12.3 Å². The molecule has 0 saturated carbocycles. The number of rotatable bonds is 5. The van der Waals surface area contributed by atoms with Crippen molar-refractivity contribution in [2.45, 2.75) is 25.8 Å². The molecule has 0 radical (unpaired) electrons. The molecule has 1 aromatic carbocycles. The number of amides is 1. The first-order chi connectivity index (χ1) is 9.83. The maximum absolute atomic E-state index is 11.8. The molecule has 3 N–H and O–H groups in total. The zero-order valence-corrected chi connectivity index (χ0v) is 14.4. The Labute approximate surface area is 136 Å². The Morgan fingerprint density at radius 3 is 2.90 bits per heavy atom. The SMILES string of the molecule is CC(C)(N)CNC(=O)Cc1csc(-c2cccc(Br)c2)n1. The Morgan fingerprint density at radius 2 is 2.24 bits per heavy atom. The minimum absolute atomic E-state index is 0.0559. The summed E-state index contributed by atoms with van der Waals surface area (Å²) in [4.78, 5) is 16.4. The van der Waals surface area contributed by atoms with E-state index in [1.165, 1.54) is 0 Å². The summed E-state index contributed by atoms with van der Waals surface area (Å²) in [6.07, 6.45) is 0.278. The maximum Gasteiger partial charge on any atom is 0.226 e. The molecule has 0 fully saturated rings. The van der Waals surface area contributed by atoms with Crippen molar-refractivity contribution in [1.29, 1.82) is 0 Å². The largest absolute Gasteiger partial charge is 0.354 e. The van der Waals surface area contributed by atoms with Crippen LogP contribution in [0.1, 0.15) is 19.5 Å². The van der Waals surface area contributed by atoms with Crippen LogP contribution in [-0.4, -0.2) is 23.0 Å². The fourth-order valence-corrected chi connectivity index (χ4v) is 2.91. The van der Waals surface area contributed by atoms with E-state index < -0.39 is 5.54 Å². The second kappa shape index (κ2) is 6.68. The van der Waals surface area contributed by atoms with E-state index in [0.717, 1.165) is 20.7 Å². The van der Waals surface area contributed by atoms with Crippen molar-refractivity contribution in [1.82, 2.24) is 10.3 Å². The van der Waals surface area contributed by atoms with E-state index in [9.17, 15) is 4.79 Å². The molecular weight excluding hydrogens is 350 g/mol. The fraction of sp³-hybridized carbons (Fsp3) is 0.333. The van der Waals surface area contributed by atoms with Crippen LogP contribution >= 0.6 is 27.3 Å². The summed E-state index contributed by atoms with van der Waals surface area (Å²) in [5.74, 6) is -0.0559. The Kier molecular flexibility index (Phi) is 5.13. The van der Waals surface area contributed by atoms with E-state index in [1.807, 2.05) is 43.5 Å². The van der Waals surface area contributed by atoms with Gasteiger partial charge >= 0.3 is 0 Å². The summed E-state index contributed by atoms with van der Waals surface area (Å²) >= 11 is 4.99. The lowest BCUT2D eigenvalue weighted by molar-refractivity contribution is -0.120. The van der Waals surface area contributed by atoms with Gasteiger partial charge in [-0.1, -0.05) is 28.1 Å². The van der Waals surface area contributed by atoms with Crippen molar-refractivity contribution in [3.8, 4) is 10.6 Å². The van der Waals surface area contributed by atoms with Crippen molar-refractivity contribution in [2.75, 3.05) is 6.54 Å². The monoisotopic (exact) mass is 367 g/mol. The summed E-state index contributed by atoms with van der Waals surface area (Å²) in [6, 6.07) is 7.96. The smallest absolute Gasteiger partial charge is 0.226 e. The van der Waals surface area contributed by atoms with Crippen LogP contribution in [0.4, 0.5) is 0 Å². The maximum atomic E-state index is 11.8. The Balaban J connectivity index is 1.99. The molecule has 1 aromatic heterocycles. The fourth-order valence-electron chi connectivity index (χ4n) is 1.70. The third kappa shape index (κ3) is 5.22. The van der Waals surface area contributed by atoms with Crippen LogP contribution in [0.3, 0.4) is 0 Å². The van der Waals surface area contributed by atoms with Crippen molar-refractivity contribution >= 4 is 33.2 Å². The number of thiazole rings is 1. The number of hydrogen-bond donors (Lipinski definition) is 2. The molecule has 0 spiro atoms. The highest BCUT2D eigenvalue weighted by atomic mass is 79.9. The topological polar surface area (TPSA) is 68.0 Å². The van der Waals surface area contributed by atoms with Crippen LogP contribution in [-0.2, 0) is 11.2 Å². The molecule has 1 amide bonds. The first kappa shape index (κ1) is 16.1. The molecule has 0 aliphatic rings. The Hall–Kier alpha value is -1.24. The highest BCUT2D eigenvalue weighted by molar-refractivity contribution is 9.10. The lowest BCUT2D eigenvalue weighted by Gasteiger charge is -2.18. The van der Waals surface area contributed by atoms with E-state index in [4.69, 9.17) is 5.73 Å². The number of halogens is 1. The van der Waals surface area contributed by atoms with Gasteiger partial charge in [0.15, 0.2) is 0 Å². The van der Waals surface area contributed by atoms with Gasteiger partial charge < -0.3 is 11.1 Å². The van der Waals surface area contributed by atoms with Gasteiger partial charge in [-0.3, -0.25) is 4.79 Å². The van der Waals surface area contributed by atoms with Gasteiger partial charge in [0.2, 0.25) is 5.91 Å². The van der Waals surface area contributed by atoms with Crippen molar-refractivity contribution in [3.63, 3.8) is 0 Å². The summed E-state index contributed by atoms with van der Waals surface area (Å²) < 4.78 is 1.01. The number of benzene rings is 1. The van der Waals surface area contributed by atoms with Crippen molar-refractivity contribution < 1.29 is 4.79 Å². The average molecular weight is 368 g/mol. The first-order valence-corrected chi connectivity index (χ1v) is 8.27. The lowest BCUT2D eigenvalue weighted by Crippen LogP contribution is -2.45. The molecule has 0 bridgehead atoms. The molecule has 0 unspecified atom stereocenters. The van der Waals surface area contributed by atoms with Gasteiger partial charge in [0.25, 0.3) is 0 Å². The molecule has 2 rings (SSSR count). The van der Waals surface area contributed by atoms with Gasteiger partial charge in [0.1, 0.15) is 5.01 Å². The van der Waals surface area contributed by atoms with Crippen LogP contribution in [0.2, 0.25) is 0 Å². The van der Waals surface area contributed by atoms with Gasteiger partial charge in [-0.05, 0) is 26.0 Å². The number of nitrogens with one attached hydrogen (secondary N) is 1. The number of carbonyl (C=O) groups excluding carboxylic acids is 1. The molecule has 112 valence electrons. The molecule has 2 aromatic rings. The molecule has 1 heterocycles. The van der Waals surface area contributed by atoms with Crippen LogP contribution in [0, 0.1) is 0 Å². The number of nitrogens with zero attached hydrogens (tertiary/aromatic N) is 1. The van der Waals surface area contributed by atoms with Gasteiger partial charge in [0, 0.05) is 27.5 Å². The Morgan fingerprint density at radius 1 is 1.48 bits per heavy atom. The molecule has 0 aliphatic heterocycles. The number of nitrogens with two attached hydrogens (primary N) is 1. The molecule has 21 heavy (non-hydrogen) atoms. The molecule has 4 nitrogen and oxygen atoms in total. The predicted molar refractivity (Wildman–Crippen MR) is 90.2 cm³/mol. The number of aromatic nitrogens is 1. The van der Waals surface area contributed by atoms with Crippen LogP contribution in [0.25, 0.3) is 10.6 Å². The molecule has 6 heteroatoms. The Bertz CT molecular complexity index is 634. The predicted octanol–water partition coefficient (Wildman–Crippen LogP) is 2.97.